The van der Waals surface area contributed by atoms with Crippen LogP contribution in [-0.4, -0.2) is 242 Å². The summed E-state index contributed by atoms with van der Waals surface area (Å²) in [6.07, 6.45) is 17.4. The molecule has 0 saturated carbocycles. The smallest absolute Gasteiger partial charge is 0.323 e. The zero-order valence-electron chi connectivity index (χ0n) is 78.6. The second-order valence-electron chi connectivity index (χ2n) is 36.9. The first-order valence-corrected chi connectivity index (χ1v) is 51.8. The molecule has 20 rings (SSSR count). The van der Waals surface area contributed by atoms with Crippen LogP contribution in [0.5, 0.6) is 0 Å². The number of hydrogen-bond acceptors (Lipinski definition) is 25. The zero-order valence-corrected chi connectivity index (χ0v) is 83.5. The summed E-state index contributed by atoms with van der Waals surface area (Å²) in [6, 6.07) is 52.1. The highest BCUT2D eigenvalue weighted by molar-refractivity contribution is 7.16. The van der Waals surface area contributed by atoms with E-state index in [4.69, 9.17) is 4.74 Å². The van der Waals surface area contributed by atoms with Crippen LogP contribution in [0.1, 0.15) is 153 Å². The van der Waals surface area contributed by atoms with Gasteiger partial charge in [-0.1, -0.05) is 84.9 Å². The van der Waals surface area contributed by atoms with Gasteiger partial charge in [-0.3, -0.25) is 43.9 Å². The van der Waals surface area contributed by atoms with Crippen molar-refractivity contribution in [3.05, 3.63) is 237 Å². The van der Waals surface area contributed by atoms with Crippen molar-refractivity contribution in [3.63, 3.8) is 0 Å². The third-order valence-electron chi connectivity index (χ3n) is 25.5. The molecule has 706 valence electrons. The van der Waals surface area contributed by atoms with Gasteiger partial charge in [0.25, 0.3) is 5.91 Å². The summed E-state index contributed by atoms with van der Waals surface area (Å²) in [5, 5.41) is 25.9. The van der Waals surface area contributed by atoms with Gasteiger partial charge in [0.05, 0.1) is 68.6 Å². The first kappa shape index (κ1) is 97.3. The van der Waals surface area contributed by atoms with Crippen LogP contribution in [0.25, 0.3) is 52.2 Å². The van der Waals surface area contributed by atoms with Gasteiger partial charge in [0.2, 0.25) is 11.8 Å². The van der Waals surface area contributed by atoms with Crippen molar-refractivity contribution < 1.29 is 28.7 Å². The Balaban J connectivity index is 0.000000123. The molecule has 8 aliphatic rings. The van der Waals surface area contributed by atoms with Gasteiger partial charge in [-0.25, -0.2) is 39.5 Å². The molecule has 6 aromatic heterocycles. The predicted molar refractivity (Wildman–Crippen MR) is 554 cm³/mol. The summed E-state index contributed by atoms with van der Waals surface area (Å²) in [4.78, 5) is 114. The van der Waals surface area contributed by atoms with Crippen molar-refractivity contribution >= 4 is 138 Å². The third kappa shape index (κ3) is 26.1. The number of carbonyl (C=O) groups excluding carboxylic acids is 5. The lowest BCUT2D eigenvalue weighted by molar-refractivity contribution is -0.124. The summed E-state index contributed by atoms with van der Waals surface area (Å²) < 4.78 is 5.28. The highest BCUT2D eigenvalue weighted by atomic mass is 32.1. The van der Waals surface area contributed by atoms with E-state index in [1.165, 1.54) is 60.8 Å². The number of aromatic nitrogens is 6. The Kier molecular flexibility index (Phi) is 33.1. The number of hydrogen-bond donors (Lipinski definition) is 6. The van der Waals surface area contributed by atoms with Gasteiger partial charge in [-0.15, -0.1) is 68.0 Å². The molecule has 32 heteroatoms. The van der Waals surface area contributed by atoms with Crippen molar-refractivity contribution in [2.75, 3.05) is 144 Å². The monoisotopic (exact) mass is 1930 g/mol. The predicted octanol–water partition coefficient (Wildman–Crippen LogP) is 20.9. The normalized spacial score (nSPS) is 16.9. The minimum atomic E-state index is -0.251. The van der Waals surface area contributed by atoms with E-state index in [1.807, 2.05) is 178 Å². The van der Waals surface area contributed by atoms with Gasteiger partial charge < -0.3 is 46.4 Å². The number of amides is 7. The molecule has 0 atom stereocenters. The lowest BCUT2D eigenvalue weighted by Crippen LogP contribution is -2.49. The maximum absolute atomic E-state index is 12.3. The van der Waals surface area contributed by atoms with Crippen molar-refractivity contribution in [2.45, 2.75) is 148 Å². The van der Waals surface area contributed by atoms with Crippen molar-refractivity contribution in [1.82, 2.24) is 64.2 Å². The van der Waals surface area contributed by atoms with Crippen LogP contribution in [0, 0.1) is 5.92 Å². The standard InChI is InChI=1S/C22H26N4OS.C22H24N4OS.C20H26N4O2S.C20H26N4OS.C19H20N4OS2/c1-15(2)26-13-17(14-26)22-24-12-20(28-22)16-5-7-19(8-6-16)25-21(27)10-9-18-4-3-11-23-18;1-15(2)26-13-17(14-26)21-23-12-20(28-21)16-8-10-19(11-9-16)25-22(27)24-18-6-4-3-5-7-18;1-14(2)24-12-16(13-24)19-21-11-18(27-19)15-3-5-17(6-4-15)22-20(25)23-7-9-26-10-8-23;1-13(2)24-11-16(12-24)20-21-8-18(26-20)14-4-6-17(7-5-14)22-19(25)15-9-23(3)10-15;1-12(2)23-10-14(11-23)18-21-9-16(26-18)13-3-5-15(6-4-13)22-17(24)19-20-7-8-25-19/h3,5-8,11-12,15,17H,4,9-10,13-14H2,1-2H3,(H,25,27);3-12,15,17H,13-14H2,1-2H3,(H2,24,25,27);3-6,11,14,16H,7-10,12-13H2,1-2H3,(H,22,25);4-8,13,15-16H,9-12H2,1-3H3,(H,22,25);3-9,12,14H,10-11H2,1-2H3,(H,22,24). The first-order valence-electron chi connectivity index (χ1n) is 46.8. The number of thiazole rings is 6. The van der Waals surface area contributed by atoms with E-state index in [-0.39, 0.29) is 35.7 Å². The second-order valence-corrected chi connectivity index (χ2v) is 43.1. The fourth-order valence-electron chi connectivity index (χ4n) is 16.6. The molecule has 7 amide bonds. The van der Waals surface area contributed by atoms with Gasteiger partial charge in [-0.2, -0.15) is 0 Å². The van der Waals surface area contributed by atoms with E-state index in [2.05, 4.69) is 190 Å². The number of morpholine rings is 1. The number of urea groups is 2. The van der Waals surface area contributed by atoms with Crippen molar-refractivity contribution in [3.8, 4) is 52.2 Å². The highest BCUT2D eigenvalue weighted by Crippen LogP contribution is 2.42. The molecule has 135 heavy (non-hydrogen) atoms. The van der Waals surface area contributed by atoms with Gasteiger partial charge in [0.1, 0.15) is 0 Å². The van der Waals surface area contributed by atoms with Crippen LogP contribution in [0.3, 0.4) is 0 Å². The fraction of sp³-hybridized carbons (Fsp3) is 0.398. The van der Waals surface area contributed by atoms with E-state index >= 15 is 0 Å². The van der Waals surface area contributed by atoms with Crippen LogP contribution in [0.2, 0.25) is 0 Å². The van der Waals surface area contributed by atoms with Crippen LogP contribution in [0.15, 0.2) is 211 Å². The van der Waals surface area contributed by atoms with Gasteiger partial charge in [0.15, 0.2) is 5.01 Å². The number of aliphatic imine (C=N–C) groups is 1. The Hall–Kier alpha value is -10.8. The third-order valence-corrected chi connectivity index (χ3v) is 32.3. The summed E-state index contributed by atoms with van der Waals surface area (Å²) in [7, 11) is 2.03. The Labute approximate surface area is 816 Å². The number of allylic oxidation sites excluding steroid dienone is 1. The zero-order chi connectivity index (χ0) is 94.2. The SMILES string of the molecule is CC(C)N1CC(c2ncc(-c3ccc(NC(=O)C4CN(C)C4)cc3)s2)C1.CC(C)N1CC(c2ncc(-c3ccc(NC(=O)CCC4=NC=CC4)cc3)s2)C1.CC(C)N1CC(c2ncc(-c3ccc(NC(=O)N4CCOCC4)cc3)s2)C1.CC(C)N1CC(c2ncc(-c3ccc(NC(=O)Nc4ccccc4)cc3)s2)C1.CC(C)N1CC(c2ncc(-c3ccc(NC(=O)c4nccs4)cc3)s2)C1. The van der Waals surface area contributed by atoms with E-state index in [1.54, 1.807) is 73.2 Å². The van der Waals surface area contributed by atoms with Crippen LogP contribution >= 0.6 is 68.0 Å². The number of anilines is 6. The van der Waals surface area contributed by atoms with Crippen LogP contribution < -0.4 is 31.9 Å². The Morgan fingerprint density at radius 3 is 1.05 bits per heavy atom. The summed E-state index contributed by atoms with van der Waals surface area (Å²) in [5.41, 5.74) is 11.6. The van der Waals surface area contributed by atoms with Gasteiger partial charge in [0, 0.05) is 253 Å². The molecule has 7 fully saturated rings. The second kappa shape index (κ2) is 45.9. The van der Waals surface area contributed by atoms with Crippen molar-refractivity contribution in [1.29, 1.82) is 0 Å². The molecule has 12 aromatic rings. The minimum Gasteiger partial charge on any atom is -0.378 e. The molecule has 8 aliphatic heterocycles. The number of carbonyl (C=O) groups is 5. The molecular formula is C103H122N20O6S6. The molecule has 26 nitrogen and oxygen atoms in total. The Morgan fingerprint density at radius 1 is 0.393 bits per heavy atom. The Bertz CT molecular complexity index is 5930. The molecule has 0 radical (unpaired) electrons. The lowest BCUT2D eigenvalue weighted by atomic mass is 9.99. The maximum atomic E-state index is 12.3. The van der Waals surface area contributed by atoms with Crippen LogP contribution in [0.4, 0.5) is 43.7 Å². The van der Waals surface area contributed by atoms with Gasteiger partial charge >= 0.3 is 12.1 Å². The van der Waals surface area contributed by atoms with E-state index in [0.717, 1.165) is 159 Å². The number of likely N-dealkylation sites (tertiary alicyclic amines) is 6. The quantitative estimate of drug-likeness (QED) is 0.0294. The first-order chi connectivity index (χ1) is 65.3. The number of rotatable bonds is 26. The number of nitrogens with zero attached hydrogens (tertiary/aromatic N) is 14. The van der Waals surface area contributed by atoms with Gasteiger partial charge in [-0.05, 0) is 183 Å². The molecule has 0 aliphatic carbocycles. The summed E-state index contributed by atoms with van der Waals surface area (Å²) >= 11 is 10.2. The topological polar surface area (TPSA) is 279 Å². The number of nitrogens with one attached hydrogen (secondary N) is 6. The lowest BCUT2D eigenvalue weighted by Gasteiger charge is -2.41. The maximum Gasteiger partial charge on any atom is 0.323 e. The molecule has 0 bridgehead atoms. The molecular weight excluding hydrogens is 1810 g/mol. The molecule has 6 N–H and O–H groups in total. The fourth-order valence-corrected chi connectivity index (χ4v) is 22.1. The van der Waals surface area contributed by atoms with Crippen molar-refractivity contribution in [2.24, 2.45) is 10.9 Å². The minimum absolute atomic E-state index is 0.0297. The largest absolute Gasteiger partial charge is 0.378 e. The average Bonchev–Trinajstić information content (AvgIpc) is 1.70. The molecule has 6 aromatic carbocycles. The van der Waals surface area contributed by atoms with E-state index < -0.39 is 0 Å². The summed E-state index contributed by atoms with van der Waals surface area (Å²) in [5.74, 6) is 2.94. The highest BCUT2D eigenvalue weighted by Gasteiger charge is 2.38. The molecule has 14 heterocycles. The van der Waals surface area contributed by atoms with E-state index in [0.29, 0.717) is 97.5 Å². The van der Waals surface area contributed by atoms with E-state index in [9.17, 15) is 24.0 Å². The molecule has 7 saturated heterocycles. The number of benzene rings is 6. The number of para-hydroxylation sites is 1. The van der Waals surface area contributed by atoms with Crippen LogP contribution in [-0.2, 0) is 14.3 Å². The Morgan fingerprint density at radius 2 is 0.726 bits per heavy atom. The average molecular weight is 1930 g/mol. The number of ether oxygens (including phenoxy) is 1. The summed E-state index contributed by atoms with van der Waals surface area (Å²) in [6.45, 7) is 37.7. The molecule has 0 spiro atoms. The molecule has 0 unspecified atom stereocenters.